The Bertz CT molecular complexity index is 671. The first kappa shape index (κ1) is 17.9. The van der Waals surface area contributed by atoms with Crippen molar-refractivity contribution in [2.45, 2.75) is 13.5 Å². The van der Waals surface area contributed by atoms with E-state index in [0.717, 1.165) is 23.7 Å². The van der Waals surface area contributed by atoms with E-state index in [2.05, 4.69) is 41.4 Å². The molecular formula is C19H25FN3O+. The minimum absolute atomic E-state index is 0.109. The molecule has 0 bridgehead atoms. The number of halogens is 1. The maximum absolute atomic E-state index is 13.2. The van der Waals surface area contributed by atoms with E-state index in [1.54, 1.807) is 12.1 Å². The quantitative estimate of drug-likeness (QED) is 0.814. The summed E-state index contributed by atoms with van der Waals surface area (Å²) in [5.74, 6) is -0.462. The van der Waals surface area contributed by atoms with Crippen LogP contribution in [0.25, 0.3) is 0 Å². The third kappa shape index (κ3) is 5.35. The highest BCUT2D eigenvalue weighted by Gasteiger charge is 2.13. The van der Waals surface area contributed by atoms with Crippen molar-refractivity contribution in [3.63, 3.8) is 0 Å². The number of quaternary nitrogens is 1. The van der Waals surface area contributed by atoms with Gasteiger partial charge in [0.15, 0.2) is 6.54 Å². The summed E-state index contributed by atoms with van der Waals surface area (Å²) in [5, 5.41) is 2.75. The molecular weight excluding hydrogens is 305 g/mol. The van der Waals surface area contributed by atoms with Gasteiger partial charge in [-0.15, -0.1) is 0 Å². The Morgan fingerprint density at radius 3 is 2.46 bits per heavy atom. The van der Waals surface area contributed by atoms with Gasteiger partial charge < -0.3 is 15.1 Å². The van der Waals surface area contributed by atoms with Gasteiger partial charge in [0.1, 0.15) is 12.4 Å². The summed E-state index contributed by atoms with van der Waals surface area (Å²) in [7, 11) is 4.02. The van der Waals surface area contributed by atoms with Crippen molar-refractivity contribution < 1.29 is 14.1 Å². The molecule has 1 atom stereocenters. The van der Waals surface area contributed by atoms with Crippen LogP contribution in [-0.2, 0) is 11.3 Å². The normalized spacial score (nSPS) is 11.8. The van der Waals surface area contributed by atoms with Crippen molar-refractivity contribution in [2.75, 3.05) is 37.4 Å². The first-order chi connectivity index (χ1) is 11.5. The number of carbonyl (C=O) groups excluding carboxylic acids is 1. The fourth-order valence-electron chi connectivity index (χ4n) is 2.51. The van der Waals surface area contributed by atoms with Crippen molar-refractivity contribution >= 4 is 17.3 Å². The highest BCUT2D eigenvalue weighted by Crippen LogP contribution is 2.11. The van der Waals surface area contributed by atoms with E-state index in [0.29, 0.717) is 12.2 Å². The van der Waals surface area contributed by atoms with Crippen LogP contribution in [0, 0.1) is 5.82 Å². The van der Waals surface area contributed by atoms with Gasteiger partial charge in [0.05, 0.1) is 6.54 Å². The zero-order valence-corrected chi connectivity index (χ0v) is 14.5. The van der Waals surface area contributed by atoms with E-state index >= 15 is 0 Å². The van der Waals surface area contributed by atoms with Crippen molar-refractivity contribution in [2.24, 2.45) is 0 Å². The molecule has 24 heavy (non-hydrogen) atoms. The molecule has 0 saturated heterocycles. The summed E-state index contributed by atoms with van der Waals surface area (Å²) in [6.45, 7) is 4.02. The third-order valence-corrected chi connectivity index (χ3v) is 3.93. The van der Waals surface area contributed by atoms with Gasteiger partial charge in [-0.2, -0.15) is 0 Å². The number of likely N-dealkylation sites (N-methyl/N-ethyl adjacent to an activating group) is 1. The number of amides is 1. The number of anilines is 2. The molecule has 0 aliphatic carbocycles. The van der Waals surface area contributed by atoms with Gasteiger partial charge >= 0.3 is 0 Å². The molecule has 2 N–H and O–H groups in total. The number of nitrogens with zero attached hydrogens (tertiary/aromatic N) is 1. The topological polar surface area (TPSA) is 36.8 Å². The molecule has 4 nitrogen and oxygen atoms in total. The number of rotatable bonds is 7. The van der Waals surface area contributed by atoms with Crippen LogP contribution in [0.3, 0.4) is 0 Å². The molecule has 1 unspecified atom stereocenters. The summed E-state index contributed by atoms with van der Waals surface area (Å²) in [6.07, 6.45) is 0. The lowest BCUT2D eigenvalue weighted by atomic mass is 10.2. The molecule has 0 aromatic heterocycles. The number of hydrogen-bond acceptors (Lipinski definition) is 2. The van der Waals surface area contributed by atoms with Crippen LogP contribution >= 0.6 is 0 Å². The second kappa shape index (κ2) is 8.45. The van der Waals surface area contributed by atoms with E-state index in [4.69, 9.17) is 0 Å². The van der Waals surface area contributed by atoms with Crippen LogP contribution in [0.1, 0.15) is 12.5 Å². The van der Waals surface area contributed by atoms with Crippen molar-refractivity contribution in [1.29, 1.82) is 0 Å². The van der Waals surface area contributed by atoms with Crippen LogP contribution < -0.4 is 15.1 Å². The summed E-state index contributed by atoms with van der Waals surface area (Å²) in [4.78, 5) is 15.4. The molecule has 0 radical (unpaired) electrons. The third-order valence-electron chi connectivity index (χ3n) is 3.93. The maximum Gasteiger partial charge on any atom is 0.279 e. The highest BCUT2D eigenvalue weighted by atomic mass is 19.1. The minimum Gasteiger partial charge on any atom is -0.378 e. The molecule has 0 fully saturated rings. The van der Waals surface area contributed by atoms with Crippen molar-refractivity contribution in [1.82, 2.24) is 0 Å². The van der Waals surface area contributed by atoms with E-state index in [-0.39, 0.29) is 11.7 Å². The van der Waals surface area contributed by atoms with E-state index in [1.807, 2.05) is 14.1 Å². The zero-order valence-electron chi connectivity index (χ0n) is 14.5. The smallest absolute Gasteiger partial charge is 0.279 e. The molecule has 0 spiro atoms. The van der Waals surface area contributed by atoms with Crippen molar-refractivity contribution in [3.05, 3.63) is 59.9 Å². The van der Waals surface area contributed by atoms with Gasteiger partial charge in [-0.05, 0) is 37.3 Å². The van der Waals surface area contributed by atoms with Gasteiger partial charge in [-0.1, -0.05) is 18.2 Å². The number of nitrogens with one attached hydrogen (secondary N) is 2. The monoisotopic (exact) mass is 330 g/mol. The fourth-order valence-corrected chi connectivity index (χ4v) is 2.51. The van der Waals surface area contributed by atoms with Crippen molar-refractivity contribution in [3.8, 4) is 0 Å². The summed E-state index contributed by atoms with van der Waals surface area (Å²) in [6, 6.07) is 14.3. The first-order valence-electron chi connectivity index (χ1n) is 8.13. The van der Waals surface area contributed by atoms with Crippen LogP contribution in [-0.4, -0.2) is 33.1 Å². The second-order valence-electron chi connectivity index (χ2n) is 6.08. The summed E-state index contributed by atoms with van der Waals surface area (Å²) >= 11 is 0. The summed E-state index contributed by atoms with van der Waals surface area (Å²) < 4.78 is 13.2. The Morgan fingerprint density at radius 2 is 1.88 bits per heavy atom. The van der Waals surface area contributed by atoms with E-state index in [1.165, 1.54) is 17.7 Å². The molecule has 0 aliphatic rings. The molecule has 0 saturated carbocycles. The molecule has 2 aromatic rings. The van der Waals surface area contributed by atoms with E-state index < -0.39 is 0 Å². The molecule has 0 heterocycles. The lowest BCUT2D eigenvalue weighted by Gasteiger charge is -2.18. The Morgan fingerprint density at radius 1 is 1.17 bits per heavy atom. The van der Waals surface area contributed by atoms with Crippen LogP contribution in [0.4, 0.5) is 15.8 Å². The predicted molar refractivity (Wildman–Crippen MR) is 95.9 cm³/mol. The van der Waals surface area contributed by atoms with Gasteiger partial charge in [0.25, 0.3) is 5.91 Å². The molecule has 128 valence electrons. The summed E-state index contributed by atoms with van der Waals surface area (Å²) in [5.41, 5.74) is 2.84. The molecule has 2 rings (SSSR count). The number of benzene rings is 2. The van der Waals surface area contributed by atoms with Crippen LogP contribution in [0.2, 0.25) is 0 Å². The van der Waals surface area contributed by atoms with Crippen LogP contribution in [0.5, 0.6) is 0 Å². The standard InChI is InChI=1S/C19H24FN3O/c1-4-23(13-15-8-10-18(11-9-15)22(2)3)14-19(24)21-17-7-5-6-16(20)12-17/h5-12H,4,13-14H2,1-3H3,(H,21,24)/p+1. The van der Waals surface area contributed by atoms with Gasteiger partial charge in [0.2, 0.25) is 0 Å². The fraction of sp³-hybridized carbons (Fsp3) is 0.316. The SMILES string of the molecule is CC[NH+](CC(=O)Nc1cccc(F)c1)Cc1ccc(N(C)C)cc1. The Labute approximate surface area is 142 Å². The molecule has 2 aromatic carbocycles. The zero-order chi connectivity index (χ0) is 17.5. The Hall–Kier alpha value is -2.40. The first-order valence-corrected chi connectivity index (χ1v) is 8.13. The van der Waals surface area contributed by atoms with Crippen LogP contribution in [0.15, 0.2) is 48.5 Å². The largest absolute Gasteiger partial charge is 0.378 e. The molecule has 1 amide bonds. The molecule has 0 aliphatic heterocycles. The number of carbonyl (C=O) groups is 1. The van der Waals surface area contributed by atoms with Gasteiger partial charge in [0, 0.05) is 31.0 Å². The van der Waals surface area contributed by atoms with Gasteiger partial charge in [-0.3, -0.25) is 4.79 Å². The average molecular weight is 330 g/mol. The lowest BCUT2D eigenvalue weighted by Crippen LogP contribution is -3.11. The Balaban J connectivity index is 1.92. The number of hydrogen-bond donors (Lipinski definition) is 2. The lowest BCUT2D eigenvalue weighted by molar-refractivity contribution is -0.903. The predicted octanol–water partition coefficient (Wildman–Crippen LogP) is 1.94. The second-order valence-corrected chi connectivity index (χ2v) is 6.08. The van der Waals surface area contributed by atoms with Gasteiger partial charge in [-0.25, -0.2) is 4.39 Å². The minimum atomic E-state index is -0.353. The maximum atomic E-state index is 13.2. The van der Waals surface area contributed by atoms with E-state index in [9.17, 15) is 9.18 Å². The Kier molecular flexibility index (Phi) is 6.32. The molecule has 5 heteroatoms. The average Bonchev–Trinajstić information content (AvgIpc) is 2.54. The highest BCUT2D eigenvalue weighted by molar-refractivity contribution is 5.91.